The normalized spacial score (nSPS) is 14.8. The number of nitriles is 1. The van der Waals surface area contributed by atoms with Crippen LogP contribution in [0.25, 0.3) is 0 Å². The fourth-order valence-corrected chi connectivity index (χ4v) is 5.07. The van der Waals surface area contributed by atoms with Gasteiger partial charge in [-0.1, -0.05) is 42.1 Å². The molecule has 198 valence electrons. The number of ether oxygens (including phenoxy) is 1. The molecule has 0 fully saturated rings. The number of esters is 1. The predicted molar refractivity (Wildman–Crippen MR) is 149 cm³/mol. The molecule has 0 spiro atoms. The van der Waals surface area contributed by atoms with Crippen LogP contribution in [0.2, 0.25) is 0 Å². The second kappa shape index (κ2) is 12.2. The molecular weight excluding hydrogens is 516 g/mol. The highest BCUT2D eigenvalue weighted by molar-refractivity contribution is 8.03. The zero-order chi connectivity index (χ0) is 27.9. The molecule has 1 aliphatic rings. The van der Waals surface area contributed by atoms with Gasteiger partial charge in [-0.2, -0.15) is 5.26 Å². The lowest BCUT2D eigenvalue weighted by atomic mass is 9.85. The van der Waals surface area contributed by atoms with Crippen molar-refractivity contribution in [2.24, 2.45) is 0 Å². The number of aryl methyl sites for hydroxylation is 1. The number of dihydropyridines is 1. The molecular formula is C29H26N4O5S. The van der Waals surface area contributed by atoms with Crippen molar-refractivity contribution in [1.82, 2.24) is 5.32 Å². The van der Waals surface area contributed by atoms with Gasteiger partial charge in [-0.3, -0.25) is 9.59 Å². The summed E-state index contributed by atoms with van der Waals surface area (Å²) in [6.07, 6.45) is 1.46. The quantitative estimate of drug-likeness (QED) is 0.336. The third-order valence-corrected chi connectivity index (χ3v) is 7.08. The Kier molecular flexibility index (Phi) is 8.53. The third-order valence-electron chi connectivity index (χ3n) is 6.07. The summed E-state index contributed by atoms with van der Waals surface area (Å²) in [4.78, 5) is 38.5. The van der Waals surface area contributed by atoms with E-state index in [9.17, 15) is 19.6 Å². The number of thioether (sulfide) groups is 1. The van der Waals surface area contributed by atoms with Crippen molar-refractivity contribution in [1.29, 1.82) is 5.26 Å². The summed E-state index contributed by atoms with van der Waals surface area (Å²) in [5.74, 6) is -1.76. The lowest BCUT2D eigenvalue weighted by Crippen LogP contribution is -2.31. The fraction of sp³-hybridized carbons (Fsp3) is 0.172. The van der Waals surface area contributed by atoms with Crippen LogP contribution in [0.1, 0.15) is 34.5 Å². The highest BCUT2D eigenvalue weighted by Gasteiger charge is 2.37. The monoisotopic (exact) mass is 542 g/mol. The number of carbonyl (C=O) groups excluding carboxylic acids is 3. The van der Waals surface area contributed by atoms with E-state index in [0.29, 0.717) is 22.2 Å². The minimum absolute atomic E-state index is 0.0358. The van der Waals surface area contributed by atoms with Gasteiger partial charge in [0.2, 0.25) is 5.91 Å². The fourth-order valence-electron chi connectivity index (χ4n) is 4.17. The molecule has 2 heterocycles. The van der Waals surface area contributed by atoms with Crippen LogP contribution in [0.3, 0.4) is 0 Å². The molecule has 3 aromatic rings. The molecule has 39 heavy (non-hydrogen) atoms. The van der Waals surface area contributed by atoms with Gasteiger partial charge in [0, 0.05) is 11.4 Å². The van der Waals surface area contributed by atoms with Crippen LogP contribution in [-0.2, 0) is 14.3 Å². The number of nitrogens with zero attached hydrogens (tertiary/aromatic N) is 1. The molecule has 2 amide bonds. The number of amides is 2. The van der Waals surface area contributed by atoms with E-state index in [1.807, 2.05) is 31.2 Å². The average Bonchev–Trinajstić information content (AvgIpc) is 3.47. The number of nitrogens with one attached hydrogen (secondary N) is 3. The molecule has 0 saturated carbocycles. The Labute approximate surface area is 229 Å². The second-order valence-corrected chi connectivity index (χ2v) is 9.60. The Morgan fingerprint density at radius 3 is 2.41 bits per heavy atom. The van der Waals surface area contributed by atoms with Gasteiger partial charge in [-0.25, -0.2) is 4.79 Å². The molecule has 2 aromatic carbocycles. The van der Waals surface area contributed by atoms with E-state index in [-0.39, 0.29) is 34.1 Å². The van der Waals surface area contributed by atoms with Gasteiger partial charge in [-0.05, 0) is 49.7 Å². The van der Waals surface area contributed by atoms with E-state index in [1.165, 1.54) is 13.4 Å². The number of benzene rings is 2. The van der Waals surface area contributed by atoms with Crippen LogP contribution in [-0.4, -0.2) is 30.6 Å². The van der Waals surface area contributed by atoms with E-state index in [4.69, 9.17) is 9.15 Å². The van der Waals surface area contributed by atoms with Crippen LogP contribution in [0, 0.1) is 18.3 Å². The van der Waals surface area contributed by atoms with Crippen LogP contribution in [0.4, 0.5) is 11.4 Å². The average molecular weight is 543 g/mol. The zero-order valence-electron chi connectivity index (χ0n) is 21.5. The molecule has 9 nitrogen and oxygen atoms in total. The Balaban J connectivity index is 1.61. The first-order valence-corrected chi connectivity index (χ1v) is 12.9. The standard InChI is InChI=1S/C29H26N4O5S/c1-17-9-4-6-11-21(17)32-24(34)16-39-28-20(15-30)26(23-13-8-14-38-23)25(18(2)31-28)27(35)33-22-12-7-5-10-19(22)29(36)37-3/h4-14,26,31H,16H2,1-3H3,(H,32,34)(H,33,35)/t26-/m0/s1. The number of carbonyl (C=O) groups is 3. The molecule has 0 bridgehead atoms. The molecule has 0 aliphatic carbocycles. The van der Waals surface area contributed by atoms with Crippen LogP contribution >= 0.6 is 11.8 Å². The topological polar surface area (TPSA) is 133 Å². The van der Waals surface area contributed by atoms with Gasteiger partial charge in [0.25, 0.3) is 5.91 Å². The van der Waals surface area contributed by atoms with E-state index >= 15 is 0 Å². The Morgan fingerprint density at radius 1 is 1.03 bits per heavy atom. The lowest BCUT2D eigenvalue weighted by Gasteiger charge is -2.28. The van der Waals surface area contributed by atoms with Gasteiger partial charge in [-0.15, -0.1) is 0 Å². The maximum atomic E-state index is 13.6. The summed E-state index contributed by atoms with van der Waals surface area (Å²) in [5.41, 5.74) is 3.06. The van der Waals surface area contributed by atoms with Crippen molar-refractivity contribution in [3.05, 3.63) is 106 Å². The number of para-hydroxylation sites is 2. The van der Waals surface area contributed by atoms with Crippen molar-refractivity contribution in [3.8, 4) is 6.07 Å². The smallest absolute Gasteiger partial charge is 0.339 e. The van der Waals surface area contributed by atoms with Crippen molar-refractivity contribution < 1.29 is 23.5 Å². The van der Waals surface area contributed by atoms with Crippen LogP contribution in [0.15, 0.2) is 93.2 Å². The van der Waals surface area contributed by atoms with Gasteiger partial charge >= 0.3 is 5.97 Å². The molecule has 3 N–H and O–H groups in total. The SMILES string of the molecule is COC(=O)c1ccccc1NC(=O)C1=C(C)NC(SCC(=O)Nc2ccccc2C)=C(C#N)[C@H]1c1ccco1. The van der Waals surface area contributed by atoms with Crippen molar-refractivity contribution in [3.63, 3.8) is 0 Å². The maximum Gasteiger partial charge on any atom is 0.339 e. The maximum absolute atomic E-state index is 13.6. The van der Waals surface area contributed by atoms with E-state index in [2.05, 4.69) is 22.0 Å². The first kappa shape index (κ1) is 27.3. The highest BCUT2D eigenvalue weighted by atomic mass is 32.2. The number of rotatable bonds is 8. The van der Waals surface area contributed by atoms with E-state index in [1.54, 1.807) is 43.3 Å². The van der Waals surface area contributed by atoms with Gasteiger partial charge in [0.05, 0.1) is 58.5 Å². The predicted octanol–water partition coefficient (Wildman–Crippen LogP) is 5.08. The molecule has 4 rings (SSSR count). The lowest BCUT2D eigenvalue weighted by molar-refractivity contribution is -0.114. The third kappa shape index (κ3) is 6.05. The number of hydrogen-bond donors (Lipinski definition) is 3. The second-order valence-electron chi connectivity index (χ2n) is 8.61. The van der Waals surface area contributed by atoms with E-state index < -0.39 is 17.8 Å². The zero-order valence-corrected chi connectivity index (χ0v) is 22.3. The molecule has 0 unspecified atom stereocenters. The van der Waals surface area contributed by atoms with Crippen LogP contribution < -0.4 is 16.0 Å². The van der Waals surface area contributed by atoms with Crippen LogP contribution in [0.5, 0.6) is 0 Å². The molecule has 1 aliphatic heterocycles. The first-order chi connectivity index (χ1) is 18.8. The number of methoxy groups -OCH3 is 1. The number of furan rings is 1. The van der Waals surface area contributed by atoms with E-state index in [0.717, 1.165) is 17.3 Å². The summed E-state index contributed by atoms with van der Waals surface area (Å²) in [6, 6.07) is 19.5. The van der Waals surface area contributed by atoms with Crippen molar-refractivity contribution >= 4 is 40.9 Å². The summed E-state index contributed by atoms with van der Waals surface area (Å²) in [7, 11) is 1.26. The summed E-state index contributed by atoms with van der Waals surface area (Å²) >= 11 is 1.16. The first-order valence-electron chi connectivity index (χ1n) is 12.0. The minimum Gasteiger partial charge on any atom is -0.468 e. The highest BCUT2D eigenvalue weighted by Crippen LogP contribution is 2.41. The largest absolute Gasteiger partial charge is 0.468 e. The molecule has 0 saturated heterocycles. The summed E-state index contributed by atoms with van der Waals surface area (Å²) in [5, 5.41) is 19.4. The molecule has 1 atom stereocenters. The van der Waals surface area contributed by atoms with Gasteiger partial charge < -0.3 is 25.1 Å². The number of anilines is 2. The Bertz CT molecular complexity index is 1520. The van der Waals surface area contributed by atoms with Crippen molar-refractivity contribution in [2.45, 2.75) is 19.8 Å². The van der Waals surface area contributed by atoms with Gasteiger partial charge in [0.1, 0.15) is 5.76 Å². The number of allylic oxidation sites excluding steroid dienone is 2. The Morgan fingerprint density at radius 2 is 1.74 bits per heavy atom. The van der Waals surface area contributed by atoms with Crippen molar-refractivity contribution in [2.75, 3.05) is 23.5 Å². The summed E-state index contributed by atoms with van der Waals surface area (Å²) in [6.45, 7) is 3.61. The Hall–Kier alpha value is -4.75. The minimum atomic E-state index is -0.835. The number of hydrogen-bond acceptors (Lipinski definition) is 8. The summed E-state index contributed by atoms with van der Waals surface area (Å²) < 4.78 is 10.5. The van der Waals surface area contributed by atoms with Gasteiger partial charge in [0.15, 0.2) is 0 Å². The molecule has 10 heteroatoms. The molecule has 0 radical (unpaired) electrons. The molecule has 1 aromatic heterocycles.